The van der Waals surface area contributed by atoms with Crippen LogP contribution < -0.4 is 10.2 Å². The summed E-state index contributed by atoms with van der Waals surface area (Å²) in [6.07, 6.45) is 1.81. The Kier molecular flexibility index (Phi) is 5.16. The van der Waals surface area contributed by atoms with Crippen LogP contribution in [0.15, 0.2) is 30.9 Å². The van der Waals surface area contributed by atoms with E-state index in [1.165, 1.54) is 0 Å². The van der Waals surface area contributed by atoms with E-state index >= 15 is 0 Å². The molecule has 4 heteroatoms. The van der Waals surface area contributed by atoms with E-state index in [1.54, 1.807) is 6.08 Å². The summed E-state index contributed by atoms with van der Waals surface area (Å²) in [6.45, 7) is 11.3. The van der Waals surface area contributed by atoms with Gasteiger partial charge >= 0.3 is 0 Å². The Morgan fingerprint density at radius 1 is 1.44 bits per heavy atom. The summed E-state index contributed by atoms with van der Waals surface area (Å²) in [4.78, 5) is 6.54. The molecule has 0 saturated heterocycles. The lowest BCUT2D eigenvalue weighted by atomic mass is 10.1. The molecule has 0 radical (unpaired) electrons. The monoisotopic (exact) mass is 249 g/mol. The average molecular weight is 249 g/mol. The molecule has 18 heavy (non-hydrogen) atoms. The van der Waals surface area contributed by atoms with Gasteiger partial charge in [0.15, 0.2) is 0 Å². The van der Waals surface area contributed by atoms with Crippen LogP contribution in [0.25, 0.3) is 0 Å². The van der Waals surface area contributed by atoms with Gasteiger partial charge in [-0.05, 0) is 32.9 Å². The first-order valence-corrected chi connectivity index (χ1v) is 6.18. The molecular formula is C14H23N3O. The van der Waals surface area contributed by atoms with E-state index in [-0.39, 0.29) is 12.1 Å². The van der Waals surface area contributed by atoms with Crippen LogP contribution in [0.5, 0.6) is 0 Å². The molecule has 1 heterocycles. The van der Waals surface area contributed by atoms with Crippen molar-refractivity contribution in [3.8, 4) is 0 Å². The maximum atomic E-state index is 9.06. The third-order valence-electron chi connectivity index (χ3n) is 2.28. The second-order valence-corrected chi connectivity index (χ2v) is 5.21. The predicted molar refractivity (Wildman–Crippen MR) is 77.1 cm³/mol. The number of anilines is 2. The SMILES string of the molecule is C=CCN(CCO)c1cccc(NC(C)(C)C)n1. The normalized spacial score (nSPS) is 11.1. The van der Waals surface area contributed by atoms with Crippen molar-refractivity contribution in [1.82, 2.24) is 4.98 Å². The highest BCUT2D eigenvalue weighted by Gasteiger charge is 2.11. The molecule has 0 unspecified atom stereocenters. The highest BCUT2D eigenvalue weighted by molar-refractivity contribution is 5.48. The second-order valence-electron chi connectivity index (χ2n) is 5.21. The van der Waals surface area contributed by atoms with Crippen LogP contribution in [-0.2, 0) is 0 Å². The van der Waals surface area contributed by atoms with Crippen molar-refractivity contribution >= 4 is 11.6 Å². The zero-order valence-electron chi connectivity index (χ0n) is 11.5. The quantitative estimate of drug-likeness (QED) is 0.759. The molecule has 0 aliphatic heterocycles. The number of pyridine rings is 1. The molecule has 0 aliphatic rings. The molecule has 0 spiro atoms. The Bertz CT molecular complexity index is 385. The van der Waals surface area contributed by atoms with Crippen molar-refractivity contribution in [3.05, 3.63) is 30.9 Å². The maximum Gasteiger partial charge on any atom is 0.131 e. The average Bonchev–Trinajstić information content (AvgIpc) is 2.27. The molecule has 0 aromatic carbocycles. The number of hydrogen-bond acceptors (Lipinski definition) is 4. The zero-order valence-corrected chi connectivity index (χ0v) is 11.5. The van der Waals surface area contributed by atoms with Crippen LogP contribution in [0.2, 0.25) is 0 Å². The van der Waals surface area contributed by atoms with Crippen molar-refractivity contribution in [2.45, 2.75) is 26.3 Å². The minimum Gasteiger partial charge on any atom is -0.395 e. The molecule has 0 fully saturated rings. The number of nitrogens with zero attached hydrogens (tertiary/aromatic N) is 2. The van der Waals surface area contributed by atoms with E-state index in [2.05, 4.69) is 37.7 Å². The lowest BCUT2D eigenvalue weighted by molar-refractivity contribution is 0.302. The van der Waals surface area contributed by atoms with Crippen LogP contribution in [0, 0.1) is 0 Å². The van der Waals surface area contributed by atoms with Crippen LogP contribution >= 0.6 is 0 Å². The fraction of sp³-hybridized carbons (Fsp3) is 0.500. The molecule has 1 aromatic heterocycles. The Hall–Kier alpha value is -1.55. The molecule has 1 rings (SSSR count). The molecule has 0 bridgehead atoms. The number of nitrogens with one attached hydrogen (secondary N) is 1. The van der Waals surface area contributed by atoms with Gasteiger partial charge in [-0.2, -0.15) is 0 Å². The zero-order chi connectivity index (χ0) is 13.6. The molecule has 0 saturated carbocycles. The lowest BCUT2D eigenvalue weighted by Crippen LogP contribution is -2.29. The van der Waals surface area contributed by atoms with Gasteiger partial charge in [-0.15, -0.1) is 6.58 Å². The molecular weight excluding hydrogens is 226 g/mol. The summed E-state index contributed by atoms with van der Waals surface area (Å²) in [5.41, 5.74) is -0.0220. The van der Waals surface area contributed by atoms with Gasteiger partial charge < -0.3 is 15.3 Å². The first kappa shape index (κ1) is 14.5. The highest BCUT2D eigenvalue weighted by atomic mass is 16.3. The minimum absolute atomic E-state index is 0.0220. The smallest absolute Gasteiger partial charge is 0.131 e. The Morgan fingerprint density at radius 3 is 2.72 bits per heavy atom. The molecule has 4 nitrogen and oxygen atoms in total. The first-order valence-electron chi connectivity index (χ1n) is 6.18. The van der Waals surface area contributed by atoms with Gasteiger partial charge in [0.05, 0.1) is 6.61 Å². The maximum absolute atomic E-state index is 9.06. The van der Waals surface area contributed by atoms with E-state index in [4.69, 9.17) is 5.11 Å². The molecule has 2 N–H and O–H groups in total. The van der Waals surface area contributed by atoms with Gasteiger partial charge in [0, 0.05) is 18.6 Å². The van der Waals surface area contributed by atoms with Crippen molar-refractivity contribution in [2.75, 3.05) is 29.9 Å². The fourth-order valence-electron chi connectivity index (χ4n) is 1.63. The predicted octanol–water partition coefficient (Wildman–Crippen LogP) is 2.28. The Balaban J connectivity index is 2.88. The third kappa shape index (κ3) is 4.75. The van der Waals surface area contributed by atoms with Gasteiger partial charge in [-0.3, -0.25) is 0 Å². The van der Waals surface area contributed by atoms with Crippen molar-refractivity contribution in [3.63, 3.8) is 0 Å². The molecule has 100 valence electrons. The van der Waals surface area contributed by atoms with Crippen molar-refractivity contribution in [1.29, 1.82) is 0 Å². The number of aliphatic hydroxyl groups excluding tert-OH is 1. The highest BCUT2D eigenvalue weighted by Crippen LogP contribution is 2.17. The van der Waals surface area contributed by atoms with Gasteiger partial charge in [0.1, 0.15) is 11.6 Å². The Morgan fingerprint density at radius 2 is 2.17 bits per heavy atom. The van der Waals surface area contributed by atoms with E-state index in [1.807, 2.05) is 23.1 Å². The van der Waals surface area contributed by atoms with E-state index in [0.717, 1.165) is 11.6 Å². The van der Waals surface area contributed by atoms with Gasteiger partial charge in [-0.25, -0.2) is 4.98 Å². The van der Waals surface area contributed by atoms with Gasteiger partial charge in [0.25, 0.3) is 0 Å². The summed E-state index contributed by atoms with van der Waals surface area (Å²) >= 11 is 0. The van der Waals surface area contributed by atoms with Crippen LogP contribution in [0.1, 0.15) is 20.8 Å². The van der Waals surface area contributed by atoms with Crippen molar-refractivity contribution < 1.29 is 5.11 Å². The summed E-state index contributed by atoms with van der Waals surface area (Å²) < 4.78 is 0. The minimum atomic E-state index is -0.0220. The van der Waals surface area contributed by atoms with E-state index in [9.17, 15) is 0 Å². The van der Waals surface area contributed by atoms with Crippen LogP contribution in [0.4, 0.5) is 11.6 Å². The summed E-state index contributed by atoms with van der Waals surface area (Å²) in [5.74, 6) is 1.69. The number of rotatable bonds is 6. The summed E-state index contributed by atoms with van der Waals surface area (Å²) in [5, 5.41) is 12.4. The first-order chi connectivity index (χ1) is 8.46. The molecule has 1 aromatic rings. The standard InChI is InChI=1S/C14H23N3O/c1-5-9-17(10-11-18)13-8-6-7-12(15-13)16-14(2,3)4/h5-8,18H,1,9-11H2,2-4H3,(H,15,16). The van der Waals surface area contributed by atoms with Gasteiger partial charge in [0.2, 0.25) is 0 Å². The number of aromatic nitrogens is 1. The lowest BCUT2D eigenvalue weighted by Gasteiger charge is -2.24. The molecule has 0 atom stereocenters. The second kappa shape index (κ2) is 6.40. The molecule has 0 amide bonds. The topological polar surface area (TPSA) is 48.4 Å². The number of aliphatic hydroxyl groups is 1. The molecule has 0 aliphatic carbocycles. The number of hydrogen-bond donors (Lipinski definition) is 2. The Labute approximate surface area is 109 Å². The largest absolute Gasteiger partial charge is 0.395 e. The van der Waals surface area contributed by atoms with E-state index in [0.29, 0.717) is 13.1 Å². The fourth-order valence-corrected chi connectivity index (χ4v) is 1.63. The van der Waals surface area contributed by atoms with E-state index < -0.39 is 0 Å². The van der Waals surface area contributed by atoms with Crippen molar-refractivity contribution in [2.24, 2.45) is 0 Å². The van der Waals surface area contributed by atoms with Crippen LogP contribution in [0.3, 0.4) is 0 Å². The summed E-state index contributed by atoms with van der Waals surface area (Å²) in [6, 6.07) is 5.84. The summed E-state index contributed by atoms with van der Waals surface area (Å²) in [7, 11) is 0. The van der Waals surface area contributed by atoms with Crippen LogP contribution in [-0.4, -0.2) is 35.3 Å². The van der Waals surface area contributed by atoms with Gasteiger partial charge in [-0.1, -0.05) is 12.1 Å². The third-order valence-corrected chi connectivity index (χ3v) is 2.28.